The third-order valence-corrected chi connectivity index (χ3v) is 6.19. The van der Waals surface area contributed by atoms with Crippen LogP contribution >= 0.6 is 11.6 Å². The van der Waals surface area contributed by atoms with Gasteiger partial charge in [-0.25, -0.2) is 4.98 Å². The van der Waals surface area contributed by atoms with E-state index in [9.17, 15) is 4.79 Å². The number of methoxy groups -OCH3 is 1. The number of anilines is 1. The van der Waals surface area contributed by atoms with Gasteiger partial charge in [0, 0.05) is 0 Å². The van der Waals surface area contributed by atoms with Gasteiger partial charge in [0.2, 0.25) is 11.9 Å². The normalized spacial score (nSPS) is 15.5. The summed E-state index contributed by atoms with van der Waals surface area (Å²) in [5.74, 6) is 1.69. The quantitative estimate of drug-likeness (QED) is 0.373. The Kier molecular flexibility index (Phi) is 5.68. The highest BCUT2D eigenvalue weighted by molar-refractivity contribution is 6.32. The maximum absolute atomic E-state index is 13.4. The molecule has 7 heteroatoms. The molecule has 1 aliphatic heterocycles. The van der Waals surface area contributed by atoms with Gasteiger partial charge in [0.1, 0.15) is 0 Å². The number of fused-ring (bicyclic) bond motifs is 3. The molecule has 0 fully saturated rings. The number of ether oxygens (including phenoxy) is 2. The Balaban J connectivity index is 1.65. The van der Waals surface area contributed by atoms with E-state index in [-0.39, 0.29) is 18.4 Å². The molecule has 33 heavy (non-hydrogen) atoms. The molecule has 0 saturated carbocycles. The van der Waals surface area contributed by atoms with Crippen LogP contribution < -0.4 is 14.4 Å². The first-order valence-corrected chi connectivity index (χ1v) is 11.3. The lowest BCUT2D eigenvalue weighted by Crippen LogP contribution is -2.39. The summed E-state index contributed by atoms with van der Waals surface area (Å²) in [4.78, 5) is 20.0. The Bertz CT molecular complexity index is 1320. The molecule has 0 radical (unpaired) electrons. The van der Waals surface area contributed by atoms with Crippen molar-refractivity contribution in [2.24, 2.45) is 0 Å². The van der Waals surface area contributed by atoms with Crippen molar-refractivity contribution in [1.82, 2.24) is 9.55 Å². The molecule has 5 rings (SSSR count). The van der Waals surface area contributed by atoms with Gasteiger partial charge in [-0.3, -0.25) is 9.69 Å². The Morgan fingerprint density at radius 2 is 1.85 bits per heavy atom. The lowest BCUT2D eigenvalue weighted by molar-refractivity contribution is -0.120. The third kappa shape index (κ3) is 3.80. The van der Waals surface area contributed by atoms with Crippen LogP contribution in [0.25, 0.3) is 11.0 Å². The monoisotopic (exact) mass is 461 g/mol. The van der Waals surface area contributed by atoms with Gasteiger partial charge in [0.05, 0.1) is 48.8 Å². The average molecular weight is 462 g/mol. The first-order valence-electron chi connectivity index (χ1n) is 10.9. The minimum Gasteiger partial charge on any atom is -0.493 e. The van der Waals surface area contributed by atoms with Crippen LogP contribution in [0.2, 0.25) is 5.02 Å². The molecule has 0 saturated heterocycles. The van der Waals surface area contributed by atoms with Gasteiger partial charge < -0.3 is 14.0 Å². The summed E-state index contributed by atoms with van der Waals surface area (Å²) in [7, 11) is 1.59. The number of nitrogens with zero attached hydrogens (tertiary/aromatic N) is 3. The molecule has 1 atom stereocenters. The predicted molar refractivity (Wildman–Crippen MR) is 129 cm³/mol. The lowest BCUT2D eigenvalue weighted by atomic mass is 9.99. The fraction of sp³-hybridized carbons (Fsp3) is 0.231. The predicted octanol–water partition coefficient (Wildman–Crippen LogP) is 5.62. The molecule has 0 bridgehead atoms. The highest BCUT2D eigenvalue weighted by Gasteiger charge is 2.35. The van der Waals surface area contributed by atoms with Crippen molar-refractivity contribution in [3.8, 4) is 11.5 Å². The van der Waals surface area contributed by atoms with Crippen molar-refractivity contribution in [2.45, 2.75) is 25.9 Å². The van der Waals surface area contributed by atoms with Crippen LogP contribution in [0.4, 0.5) is 5.95 Å². The molecule has 1 amide bonds. The van der Waals surface area contributed by atoms with Gasteiger partial charge in [0.25, 0.3) is 0 Å². The molecule has 0 unspecified atom stereocenters. The van der Waals surface area contributed by atoms with Gasteiger partial charge in [0.15, 0.2) is 11.5 Å². The van der Waals surface area contributed by atoms with Crippen LogP contribution in [0.5, 0.6) is 11.5 Å². The smallest absolute Gasteiger partial charge is 0.232 e. The summed E-state index contributed by atoms with van der Waals surface area (Å²) in [6.07, 6.45) is 0.285. The lowest BCUT2D eigenvalue weighted by Gasteiger charge is -2.33. The van der Waals surface area contributed by atoms with Crippen LogP contribution in [0.15, 0.2) is 66.7 Å². The number of amides is 1. The van der Waals surface area contributed by atoms with E-state index >= 15 is 0 Å². The van der Waals surface area contributed by atoms with Gasteiger partial charge >= 0.3 is 0 Å². The molecule has 4 aromatic rings. The van der Waals surface area contributed by atoms with Crippen molar-refractivity contribution in [3.63, 3.8) is 0 Å². The van der Waals surface area contributed by atoms with Gasteiger partial charge in [-0.15, -0.1) is 0 Å². The van der Waals surface area contributed by atoms with E-state index in [0.717, 1.165) is 22.2 Å². The second kappa shape index (κ2) is 8.79. The van der Waals surface area contributed by atoms with E-state index in [2.05, 4.69) is 4.57 Å². The topological polar surface area (TPSA) is 56.6 Å². The number of imidazole rings is 1. The molecule has 1 aliphatic rings. The molecule has 6 nitrogen and oxygen atoms in total. The Morgan fingerprint density at radius 3 is 2.61 bits per heavy atom. The number of hydrogen-bond acceptors (Lipinski definition) is 4. The number of benzene rings is 3. The summed E-state index contributed by atoms with van der Waals surface area (Å²) in [5, 5.41) is 0.455. The molecule has 0 spiro atoms. The van der Waals surface area contributed by atoms with E-state index in [0.29, 0.717) is 35.6 Å². The van der Waals surface area contributed by atoms with Crippen molar-refractivity contribution in [3.05, 3.63) is 82.9 Å². The van der Waals surface area contributed by atoms with E-state index in [4.69, 9.17) is 26.1 Å². The molecule has 0 aliphatic carbocycles. The number of rotatable bonds is 6. The zero-order valence-electron chi connectivity index (χ0n) is 18.5. The standard InChI is InChI=1S/C26H24ClN3O3/c1-3-33-25-19(27)13-18(14-23(25)32-2)22-15-24(31)29(16-17-9-5-4-6-10-17)26-28-20-11-7-8-12-21(20)30(22)26/h4-14,22H,3,15-16H2,1-2H3/t22-/m1/s1. The van der Waals surface area contributed by atoms with Crippen LogP contribution in [-0.4, -0.2) is 29.2 Å². The maximum Gasteiger partial charge on any atom is 0.232 e. The van der Waals surface area contributed by atoms with E-state index in [1.54, 1.807) is 12.0 Å². The van der Waals surface area contributed by atoms with Crippen molar-refractivity contribution >= 4 is 34.5 Å². The van der Waals surface area contributed by atoms with Gasteiger partial charge in [-0.2, -0.15) is 0 Å². The Labute approximate surface area is 197 Å². The fourth-order valence-electron chi connectivity index (χ4n) is 4.42. The first-order chi connectivity index (χ1) is 16.1. The minimum absolute atomic E-state index is 0.00985. The van der Waals surface area contributed by atoms with Crippen LogP contribution in [0, 0.1) is 0 Å². The number of halogens is 1. The molecule has 0 N–H and O–H groups in total. The molecule has 3 aromatic carbocycles. The SMILES string of the molecule is CCOc1c(Cl)cc([C@H]2CC(=O)N(Cc3ccccc3)c3nc4ccccc4n32)cc1OC. The molecular formula is C26H24ClN3O3. The summed E-state index contributed by atoms with van der Waals surface area (Å²) in [6, 6.07) is 21.4. The average Bonchev–Trinajstić information content (AvgIpc) is 3.22. The van der Waals surface area contributed by atoms with E-state index in [1.165, 1.54) is 0 Å². The second-order valence-electron chi connectivity index (χ2n) is 7.92. The Morgan fingerprint density at radius 1 is 1.09 bits per heavy atom. The van der Waals surface area contributed by atoms with Crippen molar-refractivity contribution in [2.75, 3.05) is 18.6 Å². The second-order valence-corrected chi connectivity index (χ2v) is 8.33. The van der Waals surface area contributed by atoms with Gasteiger partial charge in [-0.05, 0) is 42.3 Å². The third-order valence-electron chi connectivity index (χ3n) is 5.91. The van der Waals surface area contributed by atoms with E-state index < -0.39 is 0 Å². The van der Waals surface area contributed by atoms with Crippen molar-refractivity contribution in [1.29, 1.82) is 0 Å². The number of hydrogen-bond donors (Lipinski definition) is 0. The number of carbonyl (C=O) groups is 1. The first kappa shape index (κ1) is 21.3. The van der Waals surface area contributed by atoms with Crippen LogP contribution in [0.3, 0.4) is 0 Å². The number of aromatic nitrogens is 2. The van der Waals surface area contributed by atoms with Crippen LogP contribution in [-0.2, 0) is 11.3 Å². The molecule has 2 heterocycles. The molecular weight excluding hydrogens is 438 g/mol. The van der Waals surface area contributed by atoms with Crippen LogP contribution in [0.1, 0.15) is 30.5 Å². The minimum atomic E-state index is -0.269. The fourth-order valence-corrected chi connectivity index (χ4v) is 4.69. The molecule has 168 valence electrons. The van der Waals surface area contributed by atoms with Gasteiger partial charge in [-0.1, -0.05) is 54.1 Å². The highest BCUT2D eigenvalue weighted by atomic mass is 35.5. The maximum atomic E-state index is 13.4. The summed E-state index contributed by atoms with van der Waals surface area (Å²) >= 11 is 6.58. The molecule has 1 aromatic heterocycles. The zero-order valence-corrected chi connectivity index (χ0v) is 19.2. The van der Waals surface area contributed by atoms with Crippen molar-refractivity contribution < 1.29 is 14.3 Å². The zero-order chi connectivity index (χ0) is 22.9. The number of para-hydroxylation sites is 2. The highest BCUT2D eigenvalue weighted by Crippen LogP contribution is 2.43. The summed E-state index contributed by atoms with van der Waals surface area (Å²) in [5.41, 5.74) is 3.73. The Hall–Kier alpha value is -3.51. The number of carbonyl (C=O) groups excluding carboxylic acids is 1. The summed E-state index contributed by atoms with van der Waals surface area (Å²) < 4.78 is 13.4. The van der Waals surface area contributed by atoms with E-state index in [1.807, 2.05) is 73.7 Å². The largest absolute Gasteiger partial charge is 0.493 e. The summed E-state index contributed by atoms with van der Waals surface area (Å²) in [6.45, 7) is 2.83.